The first-order valence-electron chi connectivity index (χ1n) is 7.73. The maximum atomic E-state index is 12.4. The maximum Gasteiger partial charge on any atom is 0.311 e. The fourth-order valence-corrected chi connectivity index (χ4v) is 2.54. The highest BCUT2D eigenvalue weighted by Gasteiger charge is 2.44. The Kier molecular flexibility index (Phi) is 5.09. The molecule has 122 valence electrons. The molecule has 0 unspecified atom stereocenters. The number of amides is 1. The first kappa shape index (κ1) is 18.0. The summed E-state index contributed by atoms with van der Waals surface area (Å²) in [6.45, 7) is 9.53. The minimum atomic E-state index is -0.822. The van der Waals surface area contributed by atoms with Crippen molar-refractivity contribution in [2.24, 2.45) is 22.5 Å². The number of rotatable bonds is 5. The maximum absolute atomic E-state index is 12.4. The van der Waals surface area contributed by atoms with Crippen LogP contribution in [0.1, 0.15) is 60.3 Å². The van der Waals surface area contributed by atoms with Gasteiger partial charge in [0.05, 0.1) is 10.8 Å². The molecular formula is C16H30N2O3. The van der Waals surface area contributed by atoms with Gasteiger partial charge in [-0.2, -0.15) is 0 Å². The zero-order chi connectivity index (χ0) is 16.5. The number of carboxylic acid groups (broad SMARTS) is 1. The van der Waals surface area contributed by atoms with E-state index in [0.29, 0.717) is 18.8 Å². The molecule has 5 nitrogen and oxygen atoms in total. The van der Waals surface area contributed by atoms with Crippen molar-refractivity contribution in [3.8, 4) is 0 Å². The quantitative estimate of drug-likeness (QED) is 0.725. The van der Waals surface area contributed by atoms with Crippen LogP contribution in [-0.2, 0) is 9.59 Å². The second-order valence-electron chi connectivity index (χ2n) is 7.80. The third-order valence-electron chi connectivity index (χ3n) is 5.45. The molecule has 4 N–H and O–H groups in total. The Balaban J connectivity index is 2.75. The third kappa shape index (κ3) is 3.76. The van der Waals surface area contributed by atoms with Gasteiger partial charge in [-0.3, -0.25) is 9.59 Å². The molecule has 1 rings (SSSR count). The summed E-state index contributed by atoms with van der Waals surface area (Å²) in [5.41, 5.74) is 3.81. The van der Waals surface area contributed by atoms with E-state index in [2.05, 4.69) is 12.2 Å². The van der Waals surface area contributed by atoms with E-state index in [-0.39, 0.29) is 12.5 Å². The van der Waals surface area contributed by atoms with E-state index in [9.17, 15) is 14.7 Å². The fourth-order valence-electron chi connectivity index (χ4n) is 2.54. The molecule has 1 saturated carbocycles. The first-order chi connectivity index (χ1) is 9.42. The highest BCUT2D eigenvalue weighted by molar-refractivity contribution is 5.84. The molecule has 1 fully saturated rings. The number of hydrogen-bond donors (Lipinski definition) is 3. The molecule has 5 heteroatoms. The van der Waals surface area contributed by atoms with Crippen LogP contribution >= 0.6 is 0 Å². The summed E-state index contributed by atoms with van der Waals surface area (Å²) < 4.78 is 0. The van der Waals surface area contributed by atoms with Crippen molar-refractivity contribution in [1.29, 1.82) is 0 Å². The summed E-state index contributed by atoms with van der Waals surface area (Å²) in [7, 11) is 0. The Labute approximate surface area is 127 Å². The zero-order valence-electron chi connectivity index (χ0n) is 14.0. The van der Waals surface area contributed by atoms with Crippen molar-refractivity contribution in [1.82, 2.24) is 5.32 Å². The number of carbonyl (C=O) groups is 2. The van der Waals surface area contributed by atoms with E-state index >= 15 is 0 Å². The summed E-state index contributed by atoms with van der Waals surface area (Å²) in [6, 6.07) is 0. The number of hydrogen-bond acceptors (Lipinski definition) is 3. The lowest BCUT2D eigenvalue weighted by atomic mass is 9.70. The number of nitrogens with one attached hydrogen (secondary N) is 1. The first-order valence-corrected chi connectivity index (χ1v) is 7.73. The van der Waals surface area contributed by atoms with Crippen LogP contribution in [0, 0.1) is 16.7 Å². The average molecular weight is 298 g/mol. The summed E-state index contributed by atoms with van der Waals surface area (Å²) in [5.74, 6) is -0.429. The molecular weight excluding hydrogens is 268 g/mol. The van der Waals surface area contributed by atoms with Crippen molar-refractivity contribution in [3.05, 3.63) is 0 Å². The highest BCUT2D eigenvalue weighted by Crippen LogP contribution is 2.39. The van der Waals surface area contributed by atoms with Crippen LogP contribution < -0.4 is 11.1 Å². The van der Waals surface area contributed by atoms with Gasteiger partial charge in [0.15, 0.2) is 0 Å². The number of aliphatic carboxylic acids is 1. The Morgan fingerprint density at radius 2 is 1.71 bits per heavy atom. The molecule has 1 aliphatic rings. The van der Waals surface area contributed by atoms with Crippen LogP contribution in [0.2, 0.25) is 0 Å². The smallest absolute Gasteiger partial charge is 0.311 e. The molecule has 0 aromatic rings. The Morgan fingerprint density at radius 1 is 1.24 bits per heavy atom. The van der Waals surface area contributed by atoms with Gasteiger partial charge in [-0.15, -0.1) is 0 Å². The van der Waals surface area contributed by atoms with Gasteiger partial charge in [0.1, 0.15) is 0 Å². The Bertz CT molecular complexity index is 402. The lowest BCUT2D eigenvalue weighted by Gasteiger charge is -2.40. The van der Waals surface area contributed by atoms with E-state index < -0.39 is 22.3 Å². The highest BCUT2D eigenvalue weighted by atomic mass is 16.4. The minimum Gasteiger partial charge on any atom is -0.481 e. The van der Waals surface area contributed by atoms with Crippen LogP contribution in [0.4, 0.5) is 0 Å². The van der Waals surface area contributed by atoms with Crippen molar-refractivity contribution in [3.63, 3.8) is 0 Å². The number of nitrogens with two attached hydrogens (primary N) is 1. The summed E-state index contributed by atoms with van der Waals surface area (Å²) in [5, 5.41) is 12.4. The van der Waals surface area contributed by atoms with Crippen molar-refractivity contribution in [2.75, 3.05) is 6.54 Å². The molecule has 0 bridgehead atoms. The topological polar surface area (TPSA) is 92.4 Å². The lowest BCUT2D eigenvalue weighted by Crippen LogP contribution is -2.57. The molecule has 0 aromatic heterocycles. The fraction of sp³-hybridized carbons (Fsp3) is 0.875. The second-order valence-corrected chi connectivity index (χ2v) is 7.80. The van der Waals surface area contributed by atoms with Gasteiger partial charge in [-0.05, 0) is 59.3 Å². The predicted molar refractivity (Wildman–Crippen MR) is 82.8 cm³/mol. The van der Waals surface area contributed by atoms with Gasteiger partial charge in [0.25, 0.3) is 0 Å². The van der Waals surface area contributed by atoms with Gasteiger partial charge in [0.2, 0.25) is 5.91 Å². The molecule has 1 aliphatic carbocycles. The monoisotopic (exact) mass is 298 g/mol. The van der Waals surface area contributed by atoms with E-state index in [0.717, 1.165) is 12.8 Å². The molecule has 0 spiro atoms. The lowest BCUT2D eigenvalue weighted by molar-refractivity contribution is -0.152. The van der Waals surface area contributed by atoms with Gasteiger partial charge >= 0.3 is 5.97 Å². The van der Waals surface area contributed by atoms with Crippen LogP contribution in [0.5, 0.6) is 0 Å². The molecule has 1 amide bonds. The molecule has 0 radical (unpaired) electrons. The third-order valence-corrected chi connectivity index (χ3v) is 5.45. The van der Waals surface area contributed by atoms with Crippen molar-refractivity contribution in [2.45, 2.75) is 65.8 Å². The van der Waals surface area contributed by atoms with Crippen LogP contribution in [0.3, 0.4) is 0 Å². The molecule has 0 saturated heterocycles. The largest absolute Gasteiger partial charge is 0.481 e. The minimum absolute atomic E-state index is 0.186. The van der Waals surface area contributed by atoms with Gasteiger partial charge in [-0.1, -0.05) is 6.92 Å². The Morgan fingerprint density at radius 3 is 2.10 bits per heavy atom. The van der Waals surface area contributed by atoms with Gasteiger partial charge in [0, 0.05) is 12.1 Å². The Hall–Kier alpha value is -1.10. The van der Waals surface area contributed by atoms with Crippen LogP contribution in [0.25, 0.3) is 0 Å². The molecule has 21 heavy (non-hydrogen) atoms. The SMILES string of the molecule is CC1CCC(CNC(=O)C(C)(C)C(C)(C)N)(C(=O)O)CC1. The molecule has 0 heterocycles. The predicted octanol–water partition coefficient (Wildman–Crippen LogP) is 2.15. The van der Waals surface area contributed by atoms with Crippen LogP contribution in [0.15, 0.2) is 0 Å². The summed E-state index contributed by atoms with van der Waals surface area (Å²) >= 11 is 0. The van der Waals surface area contributed by atoms with Crippen molar-refractivity contribution < 1.29 is 14.7 Å². The van der Waals surface area contributed by atoms with Gasteiger partial charge in [-0.25, -0.2) is 0 Å². The molecule has 0 aromatic carbocycles. The van der Waals surface area contributed by atoms with E-state index in [1.165, 1.54) is 0 Å². The summed E-state index contributed by atoms with van der Waals surface area (Å²) in [4.78, 5) is 24.1. The summed E-state index contributed by atoms with van der Waals surface area (Å²) in [6.07, 6.45) is 3.04. The number of carbonyl (C=O) groups excluding carboxylic acids is 1. The van der Waals surface area contributed by atoms with Crippen molar-refractivity contribution >= 4 is 11.9 Å². The molecule has 0 atom stereocenters. The zero-order valence-corrected chi connectivity index (χ0v) is 14.0. The average Bonchev–Trinajstić information content (AvgIpc) is 2.36. The second kappa shape index (κ2) is 5.95. The standard InChI is InChI=1S/C16H30N2O3/c1-11-6-8-16(9-7-11,13(20)21)10-18-12(19)14(2,3)15(4,5)17/h11H,6-10,17H2,1-5H3,(H,18,19)(H,20,21). The van der Waals surface area contributed by atoms with Gasteiger partial charge < -0.3 is 16.2 Å². The molecule has 0 aliphatic heterocycles. The van der Waals surface area contributed by atoms with E-state index in [1.54, 1.807) is 13.8 Å². The van der Waals surface area contributed by atoms with Crippen LogP contribution in [-0.4, -0.2) is 29.1 Å². The number of carboxylic acids is 1. The van der Waals surface area contributed by atoms with E-state index in [4.69, 9.17) is 5.73 Å². The normalized spacial score (nSPS) is 27.2. The van der Waals surface area contributed by atoms with E-state index in [1.807, 2.05) is 13.8 Å².